The average Bonchev–Trinajstić information content (AvgIpc) is 3.44. The molecule has 1 aliphatic rings. The van der Waals surface area contributed by atoms with Crippen LogP contribution in [0.3, 0.4) is 0 Å². The van der Waals surface area contributed by atoms with E-state index in [0.29, 0.717) is 11.6 Å². The highest BCUT2D eigenvalue weighted by atomic mass is 79.9. The molecule has 1 amide bonds. The summed E-state index contributed by atoms with van der Waals surface area (Å²) < 4.78 is 1.14. The number of hydrogen-bond acceptors (Lipinski definition) is 3. The Balaban J connectivity index is 1.50. The van der Waals surface area contributed by atoms with E-state index in [1.54, 1.807) is 31.6 Å². The maximum absolute atomic E-state index is 12.0. The van der Waals surface area contributed by atoms with Gasteiger partial charge in [-0.15, -0.1) is 0 Å². The number of halogens is 1. The van der Waals surface area contributed by atoms with Crippen LogP contribution in [-0.4, -0.2) is 37.0 Å². The molecule has 2 aromatic rings. The topological polar surface area (TPSA) is 78.4 Å². The zero-order chi connectivity index (χ0) is 18.4. The van der Waals surface area contributed by atoms with Gasteiger partial charge >= 0.3 is 0 Å². The summed E-state index contributed by atoms with van der Waals surface area (Å²) in [4.78, 5) is 20.2. The second kappa shape index (κ2) is 8.31. The van der Waals surface area contributed by atoms with E-state index in [2.05, 4.69) is 60.1 Å². The van der Waals surface area contributed by atoms with Crippen molar-refractivity contribution in [1.29, 1.82) is 0 Å². The predicted molar refractivity (Wildman–Crippen MR) is 107 cm³/mol. The number of rotatable bonds is 6. The summed E-state index contributed by atoms with van der Waals surface area (Å²) in [7, 11) is 1.70. The highest BCUT2D eigenvalue weighted by Gasteiger charge is 2.45. The molecule has 1 aromatic carbocycles. The van der Waals surface area contributed by atoms with Crippen LogP contribution in [0, 0.1) is 0 Å². The highest BCUT2D eigenvalue weighted by Crippen LogP contribution is 2.49. The molecule has 1 saturated carbocycles. The van der Waals surface area contributed by atoms with Crippen molar-refractivity contribution in [3.8, 4) is 0 Å². The molecule has 0 spiro atoms. The summed E-state index contributed by atoms with van der Waals surface area (Å²) in [5.74, 6) is 0.470. The molecule has 0 atom stereocenters. The lowest BCUT2D eigenvalue weighted by Crippen LogP contribution is -2.44. The van der Waals surface area contributed by atoms with Crippen LogP contribution in [-0.2, 0) is 10.2 Å². The molecule has 1 fully saturated rings. The van der Waals surface area contributed by atoms with Gasteiger partial charge in [-0.05, 0) is 36.6 Å². The fourth-order valence-electron chi connectivity index (χ4n) is 2.86. The van der Waals surface area contributed by atoms with Crippen LogP contribution in [0.5, 0.6) is 0 Å². The number of aromatic nitrogens is 1. The number of carbonyl (C=O) groups is 1. The molecule has 1 heterocycles. The van der Waals surface area contributed by atoms with Crippen LogP contribution in [0.1, 0.15) is 18.4 Å². The number of aliphatic imine (C=N–C) groups is 1. The molecule has 7 heteroatoms. The van der Waals surface area contributed by atoms with Gasteiger partial charge in [0, 0.05) is 29.7 Å². The molecule has 0 radical (unpaired) electrons. The number of carbonyl (C=O) groups excluding carboxylic acids is 1. The maximum Gasteiger partial charge on any atom is 0.243 e. The Morgan fingerprint density at radius 1 is 1.23 bits per heavy atom. The van der Waals surface area contributed by atoms with Crippen LogP contribution in [0.25, 0.3) is 0 Å². The predicted octanol–water partition coefficient (Wildman–Crippen LogP) is 2.68. The van der Waals surface area contributed by atoms with Crippen molar-refractivity contribution in [3.05, 3.63) is 58.8 Å². The standard InChI is InChI=1S/C19H22BrN5O/c1-21-18(23-12-17(26)25-14-5-4-10-22-11-14)24-13-19(8-9-19)15-6-2-3-7-16(15)20/h2-7,10-11H,8-9,12-13H2,1H3,(H,25,26)(H2,21,23,24). The molecular weight excluding hydrogens is 394 g/mol. The number of pyridine rings is 1. The van der Waals surface area contributed by atoms with Crippen molar-refractivity contribution in [1.82, 2.24) is 15.6 Å². The van der Waals surface area contributed by atoms with Crippen molar-refractivity contribution in [2.24, 2.45) is 4.99 Å². The zero-order valence-electron chi connectivity index (χ0n) is 14.6. The Kier molecular flexibility index (Phi) is 5.88. The Hall–Kier alpha value is -2.41. The molecule has 0 bridgehead atoms. The monoisotopic (exact) mass is 415 g/mol. The van der Waals surface area contributed by atoms with Crippen LogP contribution >= 0.6 is 15.9 Å². The first-order valence-electron chi connectivity index (χ1n) is 8.52. The lowest BCUT2D eigenvalue weighted by molar-refractivity contribution is -0.115. The minimum atomic E-state index is -0.145. The number of amides is 1. The van der Waals surface area contributed by atoms with Gasteiger partial charge in [0.2, 0.25) is 5.91 Å². The molecule has 0 unspecified atom stereocenters. The van der Waals surface area contributed by atoms with Gasteiger partial charge in [-0.2, -0.15) is 0 Å². The van der Waals surface area contributed by atoms with Gasteiger partial charge in [-0.25, -0.2) is 0 Å². The third-order valence-electron chi connectivity index (χ3n) is 4.48. The van der Waals surface area contributed by atoms with Gasteiger partial charge in [-0.1, -0.05) is 34.1 Å². The Bertz CT molecular complexity index is 790. The zero-order valence-corrected chi connectivity index (χ0v) is 16.2. The van der Waals surface area contributed by atoms with Crippen molar-refractivity contribution in [2.45, 2.75) is 18.3 Å². The molecule has 0 saturated heterocycles. The van der Waals surface area contributed by atoms with Gasteiger partial charge in [0.05, 0.1) is 18.4 Å². The summed E-state index contributed by atoms with van der Waals surface area (Å²) in [6.07, 6.45) is 5.56. The number of nitrogens with one attached hydrogen (secondary N) is 3. The molecule has 6 nitrogen and oxygen atoms in total. The third-order valence-corrected chi connectivity index (χ3v) is 5.17. The first-order chi connectivity index (χ1) is 12.6. The third kappa shape index (κ3) is 4.60. The molecule has 1 aromatic heterocycles. The number of benzene rings is 1. The summed E-state index contributed by atoms with van der Waals surface area (Å²) in [6, 6.07) is 11.9. The van der Waals surface area contributed by atoms with Crippen LogP contribution in [0.4, 0.5) is 5.69 Å². The quantitative estimate of drug-likeness (QED) is 0.500. The van der Waals surface area contributed by atoms with E-state index in [4.69, 9.17) is 0 Å². The maximum atomic E-state index is 12.0. The number of anilines is 1. The second-order valence-electron chi connectivity index (χ2n) is 6.33. The molecule has 26 heavy (non-hydrogen) atoms. The number of guanidine groups is 1. The SMILES string of the molecule is CN=C(NCC(=O)Nc1cccnc1)NCC1(c2ccccc2Br)CC1. The van der Waals surface area contributed by atoms with Gasteiger partial charge in [0.25, 0.3) is 0 Å². The number of nitrogens with zero attached hydrogens (tertiary/aromatic N) is 2. The van der Waals surface area contributed by atoms with Crippen molar-refractivity contribution in [3.63, 3.8) is 0 Å². The normalized spacial score (nSPS) is 15.2. The van der Waals surface area contributed by atoms with Crippen molar-refractivity contribution in [2.75, 3.05) is 25.5 Å². The van der Waals surface area contributed by atoms with Crippen LogP contribution in [0.15, 0.2) is 58.3 Å². The summed E-state index contributed by atoms with van der Waals surface area (Å²) in [5.41, 5.74) is 2.13. The summed E-state index contributed by atoms with van der Waals surface area (Å²) >= 11 is 3.65. The Morgan fingerprint density at radius 3 is 2.69 bits per heavy atom. The number of hydrogen-bond donors (Lipinski definition) is 3. The largest absolute Gasteiger partial charge is 0.356 e. The average molecular weight is 416 g/mol. The van der Waals surface area contributed by atoms with E-state index in [1.165, 1.54) is 5.56 Å². The second-order valence-corrected chi connectivity index (χ2v) is 7.18. The minimum absolute atomic E-state index is 0.135. The first-order valence-corrected chi connectivity index (χ1v) is 9.32. The first kappa shape index (κ1) is 18.4. The molecular formula is C19H22BrN5O. The Morgan fingerprint density at radius 2 is 2.04 bits per heavy atom. The van der Waals surface area contributed by atoms with E-state index >= 15 is 0 Å². The summed E-state index contributed by atoms with van der Waals surface area (Å²) in [6.45, 7) is 0.913. The lowest BCUT2D eigenvalue weighted by atomic mass is 9.96. The van der Waals surface area contributed by atoms with Crippen LogP contribution < -0.4 is 16.0 Å². The van der Waals surface area contributed by atoms with Crippen LogP contribution in [0.2, 0.25) is 0 Å². The van der Waals surface area contributed by atoms with Gasteiger partial charge in [0.1, 0.15) is 0 Å². The fraction of sp³-hybridized carbons (Fsp3) is 0.316. The van der Waals surface area contributed by atoms with Gasteiger partial charge in [0.15, 0.2) is 5.96 Å². The van der Waals surface area contributed by atoms with E-state index in [-0.39, 0.29) is 17.9 Å². The molecule has 1 aliphatic carbocycles. The summed E-state index contributed by atoms with van der Waals surface area (Å²) in [5, 5.41) is 9.18. The molecule has 3 N–H and O–H groups in total. The van der Waals surface area contributed by atoms with E-state index < -0.39 is 0 Å². The molecule has 3 rings (SSSR count). The van der Waals surface area contributed by atoms with Gasteiger partial charge < -0.3 is 16.0 Å². The minimum Gasteiger partial charge on any atom is -0.356 e. The molecule has 136 valence electrons. The van der Waals surface area contributed by atoms with E-state index in [9.17, 15) is 4.79 Å². The van der Waals surface area contributed by atoms with E-state index in [1.807, 2.05) is 6.07 Å². The van der Waals surface area contributed by atoms with Crippen molar-refractivity contribution < 1.29 is 4.79 Å². The Labute approximate surface area is 161 Å². The highest BCUT2D eigenvalue weighted by molar-refractivity contribution is 9.10. The smallest absolute Gasteiger partial charge is 0.243 e. The van der Waals surface area contributed by atoms with E-state index in [0.717, 1.165) is 23.9 Å². The fourth-order valence-corrected chi connectivity index (χ4v) is 3.57. The van der Waals surface area contributed by atoms with Crippen molar-refractivity contribution >= 4 is 33.5 Å². The molecule has 0 aliphatic heterocycles. The van der Waals surface area contributed by atoms with Gasteiger partial charge in [-0.3, -0.25) is 14.8 Å². The lowest BCUT2D eigenvalue weighted by Gasteiger charge is -2.20.